The smallest absolute Gasteiger partial charge is 0.325 e. The lowest BCUT2D eigenvalue weighted by molar-refractivity contribution is -0.142. The Hall–Kier alpha value is -3.24. The van der Waals surface area contributed by atoms with Gasteiger partial charge in [-0.3, -0.25) is 9.59 Å². The molecule has 0 bridgehead atoms. The average Bonchev–Trinajstić information content (AvgIpc) is 2.80. The molecule has 0 aliphatic carbocycles. The number of aliphatic hydroxyl groups is 2. The number of esters is 2. The summed E-state index contributed by atoms with van der Waals surface area (Å²) in [7, 11) is 0. The molecule has 0 aromatic heterocycles. The molecule has 2 rings (SSSR count). The summed E-state index contributed by atoms with van der Waals surface area (Å²) in [6, 6.07) is 11.5. The number of carbonyl (C=O) groups excluding carboxylic acids is 2. The molecule has 0 fully saturated rings. The summed E-state index contributed by atoms with van der Waals surface area (Å²) >= 11 is 0. The van der Waals surface area contributed by atoms with Gasteiger partial charge in [-0.2, -0.15) is 0 Å². The molecule has 2 aromatic rings. The lowest BCUT2D eigenvalue weighted by Crippen LogP contribution is -2.36. The van der Waals surface area contributed by atoms with Gasteiger partial charge in [-0.05, 0) is 62.4 Å². The number of hydrogen-bond donors (Lipinski definition) is 2. The van der Waals surface area contributed by atoms with Crippen LogP contribution < -0.4 is 9.80 Å². The van der Waals surface area contributed by atoms with Gasteiger partial charge in [0.2, 0.25) is 0 Å². The van der Waals surface area contributed by atoms with Gasteiger partial charge in [-0.15, -0.1) is 0 Å². The summed E-state index contributed by atoms with van der Waals surface area (Å²) in [5.74, 6) is -1.59. The first-order valence-corrected chi connectivity index (χ1v) is 10.9. The maximum atomic E-state index is 12.9. The van der Waals surface area contributed by atoms with Gasteiger partial charge in [0, 0.05) is 24.5 Å². The molecule has 0 radical (unpaired) electrons. The summed E-state index contributed by atoms with van der Waals surface area (Å²) in [5, 5.41) is 17.6. The monoisotopic (exact) mass is 482 g/mol. The third-order valence-corrected chi connectivity index (χ3v) is 4.37. The van der Waals surface area contributed by atoms with Gasteiger partial charge in [0.1, 0.15) is 24.7 Å². The van der Waals surface area contributed by atoms with E-state index >= 15 is 0 Å². The molecule has 0 heterocycles. The summed E-state index contributed by atoms with van der Waals surface area (Å²) in [5.41, 5.74) is 1.35. The number of halogens is 2. The molecule has 0 spiro atoms. The molecule has 0 amide bonds. The Morgan fingerprint density at radius 3 is 1.38 bits per heavy atom. The fourth-order valence-electron chi connectivity index (χ4n) is 2.88. The van der Waals surface area contributed by atoms with E-state index < -0.39 is 11.9 Å². The number of rotatable bonds is 12. The van der Waals surface area contributed by atoms with E-state index in [0.717, 1.165) is 5.69 Å². The molecule has 0 atom stereocenters. The normalized spacial score (nSPS) is 10.1. The average molecular weight is 483 g/mol. The maximum absolute atomic E-state index is 12.9. The van der Waals surface area contributed by atoms with Crippen LogP contribution in [0.1, 0.15) is 13.8 Å². The molecule has 8 nitrogen and oxygen atoms in total. The molecular weight excluding hydrogens is 450 g/mol. The van der Waals surface area contributed by atoms with Crippen molar-refractivity contribution >= 4 is 23.3 Å². The van der Waals surface area contributed by atoms with Gasteiger partial charge in [-0.25, -0.2) is 8.78 Å². The zero-order chi connectivity index (χ0) is 25.3. The van der Waals surface area contributed by atoms with E-state index in [1.165, 1.54) is 41.3 Å². The van der Waals surface area contributed by atoms with Crippen molar-refractivity contribution in [1.82, 2.24) is 0 Å². The highest BCUT2D eigenvalue weighted by atomic mass is 19.1. The van der Waals surface area contributed by atoms with E-state index in [9.17, 15) is 18.4 Å². The molecule has 0 aliphatic heterocycles. The molecule has 10 heteroatoms. The van der Waals surface area contributed by atoms with Crippen LogP contribution in [0.5, 0.6) is 0 Å². The second kappa shape index (κ2) is 16.4. The highest BCUT2D eigenvalue weighted by Crippen LogP contribution is 2.15. The standard InChI is InChI=1S/C14H18FNO4.C10H14FNO2/c1-3-19-13(17)9-16(10-14(18)20-4-2)12-7-5-11(15)6-8-12;11-9-1-3-10(4-2-9)12(5-7-13)6-8-14/h5-8H,3-4,9-10H2,1-2H3;1-4,13-14H,5-8H2. The quantitative estimate of drug-likeness (QED) is 0.445. The van der Waals surface area contributed by atoms with E-state index in [1.807, 2.05) is 0 Å². The summed E-state index contributed by atoms with van der Waals surface area (Å²) in [4.78, 5) is 26.4. The first-order valence-electron chi connectivity index (χ1n) is 10.9. The van der Waals surface area contributed by atoms with Gasteiger partial charge >= 0.3 is 11.9 Å². The molecule has 0 unspecified atom stereocenters. The first-order chi connectivity index (χ1) is 16.3. The van der Waals surface area contributed by atoms with Gasteiger partial charge < -0.3 is 29.5 Å². The van der Waals surface area contributed by atoms with E-state index in [0.29, 0.717) is 18.8 Å². The summed E-state index contributed by atoms with van der Waals surface area (Å²) in [6.07, 6.45) is 0. The van der Waals surface area contributed by atoms with Crippen LogP contribution in [0.4, 0.5) is 20.2 Å². The highest BCUT2D eigenvalue weighted by Gasteiger charge is 2.16. The number of nitrogens with zero attached hydrogens (tertiary/aromatic N) is 2. The Morgan fingerprint density at radius 2 is 1.06 bits per heavy atom. The minimum atomic E-state index is -0.457. The van der Waals surface area contributed by atoms with Crippen molar-refractivity contribution in [3.05, 3.63) is 60.2 Å². The minimum absolute atomic E-state index is 0.0113. The number of benzene rings is 2. The Labute approximate surface area is 198 Å². The van der Waals surface area contributed by atoms with E-state index in [4.69, 9.17) is 19.7 Å². The fourth-order valence-corrected chi connectivity index (χ4v) is 2.88. The molecule has 2 N–H and O–H groups in total. The van der Waals surface area contributed by atoms with Crippen molar-refractivity contribution in [1.29, 1.82) is 0 Å². The van der Waals surface area contributed by atoms with Crippen molar-refractivity contribution < 1.29 is 38.1 Å². The lowest BCUT2D eigenvalue weighted by Gasteiger charge is -2.22. The van der Waals surface area contributed by atoms with Crippen LogP contribution >= 0.6 is 0 Å². The molecule has 34 heavy (non-hydrogen) atoms. The largest absolute Gasteiger partial charge is 0.465 e. The van der Waals surface area contributed by atoms with Crippen LogP contribution in [0.25, 0.3) is 0 Å². The molecule has 0 saturated carbocycles. The highest BCUT2D eigenvalue weighted by molar-refractivity contribution is 5.81. The topological polar surface area (TPSA) is 99.5 Å². The first kappa shape index (κ1) is 28.8. The summed E-state index contributed by atoms with van der Waals surface area (Å²) < 4.78 is 35.2. The van der Waals surface area contributed by atoms with Crippen molar-refractivity contribution in [2.75, 3.05) is 62.4 Å². The van der Waals surface area contributed by atoms with Crippen molar-refractivity contribution in [3.63, 3.8) is 0 Å². The SMILES string of the molecule is CCOC(=O)CN(CC(=O)OCC)c1ccc(F)cc1.OCCN(CCO)c1ccc(F)cc1. The maximum Gasteiger partial charge on any atom is 0.325 e. The Morgan fingerprint density at radius 1 is 0.706 bits per heavy atom. The van der Waals surface area contributed by atoms with Crippen LogP contribution in [-0.4, -0.2) is 74.8 Å². The number of hydrogen-bond acceptors (Lipinski definition) is 8. The summed E-state index contributed by atoms with van der Waals surface area (Å²) in [6.45, 7) is 4.62. The van der Waals surface area contributed by atoms with Gasteiger partial charge in [0.25, 0.3) is 0 Å². The number of anilines is 2. The van der Waals surface area contributed by atoms with Crippen LogP contribution in [0.2, 0.25) is 0 Å². The van der Waals surface area contributed by atoms with Crippen LogP contribution in [0.15, 0.2) is 48.5 Å². The van der Waals surface area contributed by atoms with Gasteiger partial charge in [-0.1, -0.05) is 0 Å². The number of carbonyl (C=O) groups is 2. The van der Waals surface area contributed by atoms with Crippen molar-refractivity contribution in [2.45, 2.75) is 13.8 Å². The second-order valence-electron chi connectivity index (χ2n) is 6.85. The van der Waals surface area contributed by atoms with Crippen LogP contribution in [-0.2, 0) is 19.1 Å². The molecular formula is C24H32F2N2O6. The molecule has 2 aromatic carbocycles. The third-order valence-electron chi connectivity index (χ3n) is 4.37. The van der Waals surface area contributed by atoms with Gasteiger partial charge in [0.15, 0.2) is 0 Å². The third kappa shape index (κ3) is 11.1. The minimum Gasteiger partial charge on any atom is -0.465 e. The van der Waals surface area contributed by atoms with Crippen molar-refractivity contribution in [3.8, 4) is 0 Å². The zero-order valence-corrected chi connectivity index (χ0v) is 19.5. The zero-order valence-electron chi connectivity index (χ0n) is 19.5. The molecule has 0 saturated heterocycles. The lowest BCUT2D eigenvalue weighted by atomic mass is 10.2. The van der Waals surface area contributed by atoms with Crippen LogP contribution in [0, 0.1) is 11.6 Å². The van der Waals surface area contributed by atoms with E-state index in [1.54, 1.807) is 30.9 Å². The molecule has 188 valence electrons. The predicted octanol–water partition coefficient (Wildman–Crippen LogP) is 2.38. The number of aliphatic hydroxyl groups excluding tert-OH is 2. The van der Waals surface area contributed by atoms with E-state index in [-0.39, 0.29) is 51.2 Å². The van der Waals surface area contributed by atoms with E-state index in [2.05, 4.69) is 0 Å². The Bertz CT molecular complexity index is 824. The van der Waals surface area contributed by atoms with Crippen molar-refractivity contribution in [2.24, 2.45) is 0 Å². The number of ether oxygens (including phenoxy) is 2. The Balaban J connectivity index is 0.000000362. The van der Waals surface area contributed by atoms with Gasteiger partial charge in [0.05, 0.1) is 26.4 Å². The second-order valence-corrected chi connectivity index (χ2v) is 6.85. The van der Waals surface area contributed by atoms with Crippen LogP contribution in [0.3, 0.4) is 0 Å². The Kier molecular flexibility index (Phi) is 13.9. The fraction of sp³-hybridized carbons (Fsp3) is 0.417. The predicted molar refractivity (Wildman–Crippen MR) is 125 cm³/mol. The molecule has 0 aliphatic rings.